The molecule has 0 spiro atoms. The molecule has 4 nitrogen and oxygen atoms in total. The molecule has 0 bridgehead atoms. The fourth-order valence-corrected chi connectivity index (χ4v) is 3.85. The lowest BCUT2D eigenvalue weighted by molar-refractivity contribution is -0.145. The SMILES string of the molecule is CCC/C=C\CCCCCCCC(=O)OCC1COP(OC)C1. The molecule has 0 saturated carbocycles. The molecule has 0 radical (unpaired) electrons. The van der Waals surface area contributed by atoms with Gasteiger partial charge in [-0.05, 0) is 25.7 Å². The van der Waals surface area contributed by atoms with E-state index in [0.29, 0.717) is 25.6 Å². The van der Waals surface area contributed by atoms with Gasteiger partial charge in [0.05, 0.1) is 13.2 Å². The van der Waals surface area contributed by atoms with Gasteiger partial charge in [0.15, 0.2) is 8.38 Å². The van der Waals surface area contributed by atoms with Crippen molar-refractivity contribution in [1.29, 1.82) is 0 Å². The summed E-state index contributed by atoms with van der Waals surface area (Å²) in [6.07, 6.45) is 15.4. The molecule has 5 heteroatoms. The van der Waals surface area contributed by atoms with E-state index in [1.54, 1.807) is 7.11 Å². The molecule has 0 aromatic rings. The lowest BCUT2D eigenvalue weighted by Crippen LogP contribution is -2.15. The number of ether oxygens (including phenoxy) is 1. The summed E-state index contributed by atoms with van der Waals surface area (Å²) in [5, 5.41) is 0. The van der Waals surface area contributed by atoms with Crippen LogP contribution in [-0.2, 0) is 18.6 Å². The third-order valence-corrected chi connectivity index (χ3v) is 5.58. The predicted molar refractivity (Wildman–Crippen MR) is 95.6 cm³/mol. The first-order valence-electron chi connectivity index (χ1n) is 9.01. The van der Waals surface area contributed by atoms with Crippen LogP contribution in [0, 0.1) is 5.92 Å². The monoisotopic (exact) mass is 344 g/mol. The third-order valence-electron chi connectivity index (χ3n) is 3.92. The van der Waals surface area contributed by atoms with Crippen LogP contribution in [0.25, 0.3) is 0 Å². The van der Waals surface area contributed by atoms with E-state index < -0.39 is 8.38 Å². The molecular formula is C18H33O4P. The Morgan fingerprint density at radius 3 is 2.65 bits per heavy atom. The number of carbonyl (C=O) groups is 1. The van der Waals surface area contributed by atoms with Crippen molar-refractivity contribution in [2.24, 2.45) is 5.92 Å². The zero-order valence-electron chi connectivity index (χ0n) is 14.8. The molecule has 0 aromatic carbocycles. The molecule has 0 aliphatic carbocycles. The second-order valence-electron chi connectivity index (χ2n) is 6.11. The molecule has 2 unspecified atom stereocenters. The maximum absolute atomic E-state index is 11.7. The maximum Gasteiger partial charge on any atom is 0.305 e. The van der Waals surface area contributed by atoms with Crippen molar-refractivity contribution in [3.05, 3.63) is 12.2 Å². The smallest absolute Gasteiger partial charge is 0.305 e. The van der Waals surface area contributed by atoms with E-state index in [2.05, 4.69) is 19.1 Å². The van der Waals surface area contributed by atoms with E-state index in [4.69, 9.17) is 13.8 Å². The molecule has 0 N–H and O–H groups in total. The highest BCUT2D eigenvalue weighted by Gasteiger charge is 2.27. The fourth-order valence-electron chi connectivity index (χ4n) is 2.48. The Bertz CT molecular complexity index is 333. The van der Waals surface area contributed by atoms with Crippen molar-refractivity contribution in [3.63, 3.8) is 0 Å². The first-order valence-corrected chi connectivity index (χ1v) is 10.4. The van der Waals surface area contributed by atoms with Crippen LogP contribution < -0.4 is 0 Å². The number of carbonyl (C=O) groups excluding carboxylic acids is 1. The highest BCUT2D eigenvalue weighted by atomic mass is 31.2. The Morgan fingerprint density at radius 2 is 1.91 bits per heavy atom. The number of allylic oxidation sites excluding steroid dienone is 2. The normalized spacial score (nSPS) is 21.1. The Morgan fingerprint density at radius 1 is 1.17 bits per heavy atom. The maximum atomic E-state index is 11.7. The van der Waals surface area contributed by atoms with Crippen molar-refractivity contribution in [2.45, 2.75) is 64.7 Å². The number of hydrogen-bond donors (Lipinski definition) is 0. The highest BCUT2D eigenvalue weighted by Crippen LogP contribution is 2.45. The van der Waals surface area contributed by atoms with Crippen LogP contribution in [0.15, 0.2) is 12.2 Å². The summed E-state index contributed by atoms with van der Waals surface area (Å²) in [5.41, 5.74) is 0. The summed E-state index contributed by atoms with van der Waals surface area (Å²) >= 11 is 0. The minimum absolute atomic E-state index is 0.0684. The van der Waals surface area contributed by atoms with Gasteiger partial charge in [0.25, 0.3) is 0 Å². The Labute approximate surface area is 142 Å². The zero-order valence-corrected chi connectivity index (χ0v) is 15.7. The van der Waals surface area contributed by atoms with Crippen LogP contribution in [0.5, 0.6) is 0 Å². The van der Waals surface area contributed by atoms with Gasteiger partial charge in [-0.1, -0.05) is 44.8 Å². The minimum atomic E-state index is -0.734. The van der Waals surface area contributed by atoms with E-state index in [1.165, 1.54) is 38.5 Å². The Balaban J connectivity index is 1.87. The van der Waals surface area contributed by atoms with Crippen molar-refractivity contribution in [2.75, 3.05) is 26.5 Å². The van der Waals surface area contributed by atoms with E-state index >= 15 is 0 Å². The van der Waals surface area contributed by atoms with Gasteiger partial charge in [-0.3, -0.25) is 4.79 Å². The molecule has 1 fully saturated rings. The number of hydrogen-bond acceptors (Lipinski definition) is 4. The van der Waals surface area contributed by atoms with Gasteiger partial charge in [-0.2, -0.15) is 0 Å². The summed E-state index contributed by atoms with van der Waals surface area (Å²) in [4.78, 5) is 11.7. The third kappa shape index (κ3) is 10.9. The molecular weight excluding hydrogens is 311 g/mol. The van der Waals surface area contributed by atoms with Crippen molar-refractivity contribution < 1.29 is 18.6 Å². The quantitative estimate of drug-likeness (QED) is 0.199. The first kappa shape index (κ1) is 20.6. The largest absolute Gasteiger partial charge is 0.465 e. The van der Waals surface area contributed by atoms with Gasteiger partial charge in [0.1, 0.15) is 0 Å². The van der Waals surface area contributed by atoms with Gasteiger partial charge in [0, 0.05) is 25.6 Å². The molecule has 0 amide bonds. The van der Waals surface area contributed by atoms with Crippen LogP contribution in [0.3, 0.4) is 0 Å². The lowest BCUT2D eigenvalue weighted by atomic mass is 10.1. The Kier molecular flexibility index (Phi) is 12.5. The van der Waals surface area contributed by atoms with Crippen molar-refractivity contribution in [3.8, 4) is 0 Å². The molecule has 1 aliphatic rings. The average Bonchev–Trinajstić information content (AvgIpc) is 3.03. The van der Waals surface area contributed by atoms with Crippen molar-refractivity contribution >= 4 is 14.3 Å². The van der Waals surface area contributed by atoms with E-state index in [-0.39, 0.29) is 5.97 Å². The molecule has 1 aliphatic heterocycles. The van der Waals surface area contributed by atoms with Gasteiger partial charge >= 0.3 is 5.97 Å². The molecule has 1 saturated heterocycles. The molecule has 0 aromatic heterocycles. The van der Waals surface area contributed by atoms with Crippen LogP contribution in [-0.4, -0.2) is 32.5 Å². The first-order chi connectivity index (χ1) is 11.3. The molecule has 1 heterocycles. The second-order valence-corrected chi connectivity index (χ2v) is 7.76. The summed E-state index contributed by atoms with van der Waals surface area (Å²) in [5.74, 6) is 0.243. The molecule has 2 atom stereocenters. The van der Waals surface area contributed by atoms with E-state index in [9.17, 15) is 4.79 Å². The van der Waals surface area contributed by atoms with Gasteiger partial charge < -0.3 is 13.8 Å². The highest BCUT2D eigenvalue weighted by molar-refractivity contribution is 7.47. The summed E-state index contributed by atoms with van der Waals surface area (Å²) in [6.45, 7) is 3.33. The molecule has 23 heavy (non-hydrogen) atoms. The summed E-state index contributed by atoms with van der Waals surface area (Å²) < 4.78 is 16.0. The average molecular weight is 344 g/mol. The summed E-state index contributed by atoms with van der Waals surface area (Å²) in [6, 6.07) is 0. The second kappa shape index (κ2) is 13.9. The van der Waals surface area contributed by atoms with Crippen LogP contribution in [0.2, 0.25) is 0 Å². The van der Waals surface area contributed by atoms with Crippen LogP contribution >= 0.6 is 8.38 Å². The Hall–Kier alpha value is -0.440. The van der Waals surface area contributed by atoms with E-state index in [1.807, 2.05) is 0 Å². The number of rotatable bonds is 13. The summed E-state index contributed by atoms with van der Waals surface area (Å²) in [7, 11) is 0.934. The van der Waals surface area contributed by atoms with Crippen LogP contribution in [0.4, 0.5) is 0 Å². The molecule has 1 rings (SSSR count). The topological polar surface area (TPSA) is 44.8 Å². The zero-order chi connectivity index (χ0) is 16.8. The lowest BCUT2D eigenvalue weighted by Gasteiger charge is -2.09. The van der Waals surface area contributed by atoms with Gasteiger partial charge in [0.2, 0.25) is 0 Å². The van der Waals surface area contributed by atoms with Crippen LogP contribution in [0.1, 0.15) is 64.7 Å². The number of esters is 1. The van der Waals surface area contributed by atoms with Crippen molar-refractivity contribution in [1.82, 2.24) is 0 Å². The number of unbranched alkanes of at least 4 members (excludes halogenated alkanes) is 6. The molecule has 134 valence electrons. The fraction of sp³-hybridized carbons (Fsp3) is 0.833. The standard InChI is InChI=1S/C18H33O4P/c1-3-4-5-6-7-8-9-10-11-12-13-18(19)21-14-17-15-22-23(16-17)20-2/h5-6,17H,3-4,7-16H2,1-2H3/b6-5-. The van der Waals surface area contributed by atoms with E-state index in [0.717, 1.165) is 19.0 Å². The minimum Gasteiger partial charge on any atom is -0.465 e. The predicted octanol–water partition coefficient (Wildman–Crippen LogP) is 5.22. The van der Waals surface area contributed by atoms with Gasteiger partial charge in [-0.15, -0.1) is 0 Å². The van der Waals surface area contributed by atoms with Gasteiger partial charge in [-0.25, -0.2) is 0 Å².